The van der Waals surface area contributed by atoms with Crippen molar-refractivity contribution in [3.05, 3.63) is 30.5 Å². The van der Waals surface area contributed by atoms with Gasteiger partial charge in [-0.15, -0.1) is 0 Å². The molecule has 0 saturated heterocycles. The van der Waals surface area contributed by atoms with Gasteiger partial charge in [-0.25, -0.2) is 0 Å². The topological polar surface area (TPSA) is 43.8 Å². The van der Waals surface area contributed by atoms with E-state index in [1.54, 1.807) is 0 Å². The molecular weight excluding hydrogens is 230 g/mol. The second-order valence-electron chi connectivity index (χ2n) is 4.92. The number of nitrogens with zero attached hydrogens (tertiary/aromatic N) is 2. The molecule has 0 amide bonds. The number of hydrogen-bond donors (Lipinski definition) is 1. The standard InChI is InChI=1S/C13H17N3S/c1-13(2,12(14)17)7-8-16-11-6-4-3-5-10(11)9-15-16/h3-6,9H,7-8H2,1-2H3,(H2,14,17). The molecule has 0 spiro atoms. The van der Waals surface area contributed by atoms with Crippen LogP contribution in [0.25, 0.3) is 10.9 Å². The lowest BCUT2D eigenvalue weighted by Gasteiger charge is -2.22. The smallest absolute Gasteiger partial charge is 0.0785 e. The van der Waals surface area contributed by atoms with Gasteiger partial charge in [0.25, 0.3) is 0 Å². The van der Waals surface area contributed by atoms with Crippen molar-refractivity contribution in [2.24, 2.45) is 11.1 Å². The number of aryl methyl sites for hydroxylation is 1. The van der Waals surface area contributed by atoms with Crippen LogP contribution >= 0.6 is 12.2 Å². The fourth-order valence-corrected chi connectivity index (χ4v) is 1.81. The average molecular weight is 247 g/mol. The van der Waals surface area contributed by atoms with Crippen LogP contribution in [0.5, 0.6) is 0 Å². The van der Waals surface area contributed by atoms with Gasteiger partial charge in [-0.2, -0.15) is 5.10 Å². The SMILES string of the molecule is CC(C)(CCn1ncc2ccccc21)C(N)=S. The van der Waals surface area contributed by atoms with Crippen molar-refractivity contribution in [3.8, 4) is 0 Å². The molecule has 1 aromatic carbocycles. The van der Waals surface area contributed by atoms with E-state index in [1.807, 2.05) is 23.0 Å². The number of nitrogens with two attached hydrogens (primary N) is 1. The Morgan fingerprint density at radius 2 is 2.12 bits per heavy atom. The van der Waals surface area contributed by atoms with Crippen LogP contribution in [0.1, 0.15) is 20.3 Å². The van der Waals surface area contributed by atoms with Crippen LogP contribution in [0.15, 0.2) is 30.5 Å². The molecule has 0 unspecified atom stereocenters. The van der Waals surface area contributed by atoms with Gasteiger partial charge in [-0.1, -0.05) is 44.3 Å². The van der Waals surface area contributed by atoms with E-state index >= 15 is 0 Å². The Bertz CT molecular complexity index is 542. The van der Waals surface area contributed by atoms with E-state index in [0.717, 1.165) is 18.5 Å². The normalized spacial score (nSPS) is 11.9. The highest BCUT2D eigenvalue weighted by atomic mass is 32.1. The molecule has 4 heteroatoms. The summed E-state index contributed by atoms with van der Waals surface area (Å²) in [5, 5.41) is 5.56. The van der Waals surface area contributed by atoms with Gasteiger partial charge in [0.05, 0.1) is 16.7 Å². The molecule has 90 valence electrons. The van der Waals surface area contributed by atoms with Crippen LogP contribution in [-0.4, -0.2) is 14.8 Å². The van der Waals surface area contributed by atoms with Crippen molar-refractivity contribution >= 4 is 28.1 Å². The lowest BCUT2D eigenvalue weighted by Crippen LogP contribution is -2.30. The zero-order valence-electron chi connectivity index (χ0n) is 10.2. The van der Waals surface area contributed by atoms with E-state index < -0.39 is 0 Å². The Morgan fingerprint density at radius 1 is 1.41 bits per heavy atom. The molecule has 1 aromatic heterocycles. The molecule has 1 heterocycles. The predicted octanol–water partition coefficient (Wildman–Crippen LogP) is 2.74. The monoisotopic (exact) mass is 247 g/mol. The lowest BCUT2D eigenvalue weighted by molar-refractivity contribution is 0.423. The minimum absolute atomic E-state index is 0.123. The van der Waals surface area contributed by atoms with Crippen molar-refractivity contribution in [2.45, 2.75) is 26.8 Å². The van der Waals surface area contributed by atoms with E-state index in [1.165, 1.54) is 5.39 Å². The molecule has 0 fully saturated rings. The van der Waals surface area contributed by atoms with Crippen molar-refractivity contribution < 1.29 is 0 Å². The van der Waals surface area contributed by atoms with Crippen LogP contribution < -0.4 is 5.73 Å². The first-order valence-corrected chi connectivity index (χ1v) is 6.12. The average Bonchev–Trinajstić information content (AvgIpc) is 2.69. The van der Waals surface area contributed by atoms with Gasteiger partial charge < -0.3 is 5.73 Å². The molecule has 17 heavy (non-hydrogen) atoms. The van der Waals surface area contributed by atoms with E-state index in [0.29, 0.717) is 4.99 Å². The third-order valence-electron chi connectivity index (χ3n) is 3.17. The molecule has 0 aliphatic carbocycles. The fraction of sp³-hybridized carbons (Fsp3) is 0.385. The van der Waals surface area contributed by atoms with Crippen LogP contribution in [0, 0.1) is 5.41 Å². The van der Waals surface area contributed by atoms with Gasteiger partial charge in [-0.3, -0.25) is 4.68 Å². The summed E-state index contributed by atoms with van der Waals surface area (Å²) >= 11 is 5.07. The second kappa shape index (κ2) is 4.45. The zero-order valence-corrected chi connectivity index (χ0v) is 11.0. The summed E-state index contributed by atoms with van der Waals surface area (Å²) < 4.78 is 2.01. The Labute approximate surface area is 107 Å². The summed E-state index contributed by atoms with van der Waals surface area (Å²) in [5.41, 5.74) is 6.76. The van der Waals surface area contributed by atoms with Crippen molar-refractivity contribution in [1.82, 2.24) is 9.78 Å². The maximum Gasteiger partial charge on any atom is 0.0785 e. The largest absolute Gasteiger partial charge is 0.393 e. The third kappa shape index (κ3) is 2.47. The van der Waals surface area contributed by atoms with E-state index in [2.05, 4.69) is 31.1 Å². The van der Waals surface area contributed by atoms with Crippen LogP contribution in [0.3, 0.4) is 0 Å². The van der Waals surface area contributed by atoms with Crippen molar-refractivity contribution in [2.75, 3.05) is 0 Å². The third-order valence-corrected chi connectivity index (χ3v) is 3.72. The van der Waals surface area contributed by atoms with Gasteiger partial charge >= 0.3 is 0 Å². The summed E-state index contributed by atoms with van der Waals surface area (Å²) in [6, 6.07) is 8.19. The molecule has 0 aliphatic heterocycles. The molecule has 0 bridgehead atoms. The van der Waals surface area contributed by atoms with Crippen molar-refractivity contribution in [3.63, 3.8) is 0 Å². The second-order valence-corrected chi connectivity index (χ2v) is 5.36. The first kappa shape index (κ1) is 12.0. The molecule has 2 aromatic rings. The highest BCUT2D eigenvalue weighted by Gasteiger charge is 2.21. The Balaban J connectivity index is 2.17. The molecule has 3 nitrogen and oxygen atoms in total. The Hall–Kier alpha value is -1.42. The summed E-state index contributed by atoms with van der Waals surface area (Å²) in [6.45, 7) is 4.97. The van der Waals surface area contributed by atoms with Gasteiger partial charge in [0.15, 0.2) is 0 Å². The maximum absolute atomic E-state index is 5.72. The van der Waals surface area contributed by atoms with E-state index in [-0.39, 0.29) is 5.41 Å². The Morgan fingerprint density at radius 3 is 2.82 bits per heavy atom. The lowest BCUT2D eigenvalue weighted by atomic mass is 9.89. The van der Waals surface area contributed by atoms with E-state index in [9.17, 15) is 0 Å². The first-order chi connectivity index (χ1) is 8.00. The van der Waals surface area contributed by atoms with Crippen molar-refractivity contribution in [1.29, 1.82) is 0 Å². The van der Waals surface area contributed by atoms with Gasteiger partial charge in [0.2, 0.25) is 0 Å². The zero-order chi connectivity index (χ0) is 12.5. The highest BCUT2D eigenvalue weighted by Crippen LogP contribution is 2.22. The first-order valence-electron chi connectivity index (χ1n) is 5.71. The number of aromatic nitrogens is 2. The summed E-state index contributed by atoms with van der Waals surface area (Å²) in [6.07, 6.45) is 2.79. The van der Waals surface area contributed by atoms with Crippen LogP contribution in [0.4, 0.5) is 0 Å². The predicted molar refractivity (Wildman–Crippen MR) is 74.9 cm³/mol. The van der Waals surface area contributed by atoms with Gasteiger partial charge in [-0.05, 0) is 12.5 Å². The molecular formula is C13H17N3S. The molecule has 0 atom stereocenters. The minimum atomic E-state index is -0.123. The van der Waals surface area contributed by atoms with Crippen LogP contribution in [-0.2, 0) is 6.54 Å². The number of hydrogen-bond acceptors (Lipinski definition) is 2. The Kier molecular flexibility index (Phi) is 3.15. The number of benzene rings is 1. The molecule has 2 rings (SSSR count). The van der Waals surface area contributed by atoms with E-state index in [4.69, 9.17) is 18.0 Å². The molecule has 0 aliphatic rings. The highest BCUT2D eigenvalue weighted by molar-refractivity contribution is 7.80. The summed E-state index contributed by atoms with van der Waals surface area (Å²) in [7, 11) is 0. The maximum atomic E-state index is 5.72. The molecule has 0 radical (unpaired) electrons. The van der Waals surface area contributed by atoms with Gasteiger partial charge in [0, 0.05) is 17.3 Å². The fourth-order valence-electron chi connectivity index (χ4n) is 1.71. The number of thiocarbonyl (C=S) groups is 1. The van der Waals surface area contributed by atoms with Crippen LogP contribution in [0.2, 0.25) is 0 Å². The summed E-state index contributed by atoms with van der Waals surface area (Å²) in [4.78, 5) is 0.564. The number of fused-ring (bicyclic) bond motifs is 1. The number of para-hydroxylation sites is 1. The van der Waals surface area contributed by atoms with Gasteiger partial charge in [0.1, 0.15) is 0 Å². The molecule has 2 N–H and O–H groups in total. The quantitative estimate of drug-likeness (QED) is 0.845. The molecule has 0 saturated carbocycles. The minimum Gasteiger partial charge on any atom is -0.393 e. The summed E-state index contributed by atoms with van der Waals surface area (Å²) in [5.74, 6) is 0. The number of rotatable bonds is 4.